The zero-order valence-electron chi connectivity index (χ0n) is 14.0. The molecule has 0 bridgehead atoms. The van der Waals surface area contributed by atoms with Gasteiger partial charge in [0.1, 0.15) is 0 Å². The van der Waals surface area contributed by atoms with Gasteiger partial charge in [-0.2, -0.15) is 5.10 Å². The minimum atomic E-state index is 0.0293. The number of hydrogen-bond acceptors (Lipinski definition) is 2. The average molecular weight is 398 g/mol. The summed E-state index contributed by atoms with van der Waals surface area (Å²) in [5, 5.41) is 7.32. The second-order valence-corrected chi connectivity index (χ2v) is 6.79. The molecule has 1 heterocycles. The number of carbonyl (C=O) groups is 1. The number of nitrogens with one attached hydrogen (secondary N) is 1. The van der Waals surface area contributed by atoms with Crippen molar-refractivity contribution < 1.29 is 4.79 Å². The highest BCUT2D eigenvalue weighted by Crippen LogP contribution is 2.19. The van der Waals surface area contributed by atoms with E-state index < -0.39 is 0 Å². The molecule has 0 aliphatic rings. The lowest BCUT2D eigenvalue weighted by atomic mass is 10.0. The van der Waals surface area contributed by atoms with Gasteiger partial charge in [-0.05, 0) is 47.9 Å². The van der Waals surface area contributed by atoms with Crippen LogP contribution in [-0.2, 0) is 11.2 Å². The Balaban J connectivity index is 1.62. The first-order valence-electron chi connectivity index (χ1n) is 8.29. The third-order valence-corrected chi connectivity index (χ3v) is 4.61. The first kappa shape index (κ1) is 17.4. The third-order valence-electron chi connectivity index (χ3n) is 4.09. The van der Waals surface area contributed by atoms with Crippen molar-refractivity contribution in [3.8, 4) is 5.69 Å². The molecule has 5 heteroatoms. The fourth-order valence-electron chi connectivity index (χ4n) is 2.74. The molecule has 0 saturated carbocycles. The SMILES string of the molecule is CCC(NC(=O)Cc1ccc(-n2cccn2)cc1)c1ccc(Br)cc1. The van der Waals surface area contributed by atoms with Gasteiger partial charge >= 0.3 is 0 Å². The molecule has 0 radical (unpaired) electrons. The fraction of sp³-hybridized carbons (Fsp3) is 0.200. The quantitative estimate of drug-likeness (QED) is 0.667. The Morgan fingerprint density at radius 3 is 2.48 bits per heavy atom. The maximum atomic E-state index is 12.4. The molecule has 1 aromatic heterocycles. The van der Waals surface area contributed by atoms with Crippen LogP contribution in [0.15, 0.2) is 71.5 Å². The third kappa shape index (κ3) is 4.57. The molecule has 1 amide bonds. The van der Waals surface area contributed by atoms with Gasteiger partial charge in [0.25, 0.3) is 0 Å². The Morgan fingerprint density at radius 2 is 1.88 bits per heavy atom. The summed E-state index contributed by atoms with van der Waals surface area (Å²) in [7, 11) is 0. The van der Waals surface area contributed by atoms with Crippen molar-refractivity contribution >= 4 is 21.8 Å². The predicted molar refractivity (Wildman–Crippen MR) is 103 cm³/mol. The van der Waals surface area contributed by atoms with Crippen molar-refractivity contribution in [2.45, 2.75) is 25.8 Å². The van der Waals surface area contributed by atoms with Gasteiger partial charge in [-0.1, -0.05) is 47.1 Å². The summed E-state index contributed by atoms with van der Waals surface area (Å²) < 4.78 is 2.83. The number of benzene rings is 2. The lowest BCUT2D eigenvalue weighted by Gasteiger charge is -2.17. The zero-order chi connectivity index (χ0) is 17.6. The minimum Gasteiger partial charge on any atom is -0.349 e. The summed E-state index contributed by atoms with van der Waals surface area (Å²) in [6.45, 7) is 2.08. The van der Waals surface area contributed by atoms with Crippen molar-refractivity contribution in [1.29, 1.82) is 0 Å². The van der Waals surface area contributed by atoms with E-state index >= 15 is 0 Å². The van der Waals surface area contributed by atoms with Crippen molar-refractivity contribution in [2.24, 2.45) is 0 Å². The summed E-state index contributed by atoms with van der Waals surface area (Å²) in [5.41, 5.74) is 3.09. The molecule has 1 unspecified atom stereocenters. The summed E-state index contributed by atoms with van der Waals surface area (Å²) in [6.07, 6.45) is 4.86. The Hall–Kier alpha value is -2.40. The molecule has 0 saturated heterocycles. The average Bonchev–Trinajstić information content (AvgIpc) is 3.16. The van der Waals surface area contributed by atoms with Crippen LogP contribution in [0.1, 0.15) is 30.5 Å². The van der Waals surface area contributed by atoms with Gasteiger partial charge in [-0.25, -0.2) is 4.68 Å². The van der Waals surface area contributed by atoms with Crippen molar-refractivity contribution in [3.63, 3.8) is 0 Å². The second kappa shape index (κ2) is 8.12. The molecule has 128 valence electrons. The summed E-state index contributed by atoms with van der Waals surface area (Å²) in [5.74, 6) is 0.0293. The smallest absolute Gasteiger partial charge is 0.224 e. The van der Waals surface area contributed by atoms with Gasteiger partial charge in [0.15, 0.2) is 0 Å². The number of halogens is 1. The van der Waals surface area contributed by atoms with Crippen LogP contribution in [-0.4, -0.2) is 15.7 Å². The number of amides is 1. The molecule has 25 heavy (non-hydrogen) atoms. The minimum absolute atomic E-state index is 0.0293. The summed E-state index contributed by atoms with van der Waals surface area (Å²) in [6, 6.07) is 17.9. The molecular formula is C20H20BrN3O. The Labute approximate surface area is 156 Å². The van der Waals surface area contributed by atoms with Crippen LogP contribution in [0, 0.1) is 0 Å². The highest BCUT2D eigenvalue weighted by Gasteiger charge is 2.13. The Morgan fingerprint density at radius 1 is 1.16 bits per heavy atom. The number of aromatic nitrogens is 2. The second-order valence-electron chi connectivity index (χ2n) is 5.87. The number of carbonyl (C=O) groups excluding carboxylic acids is 1. The first-order chi connectivity index (χ1) is 12.2. The molecule has 1 N–H and O–H groups in total. The maximum absolute atomic E-state index is 12.4. The Bertz CT molecular complexity index is 811. The van der Waals surface area contributed by atoms with E-state index in [9.17, 15) is 4.79 Å². The van der Waals surface area contributed by atoms with Gasteiger partial charge < -0.3 is 5.32 Å². The van der Waals surface area contributed by atoms with E-state index in [0.29, 0.717) is 6.42 Å². The van der Waals surface area contributed by atoms with Crippen LogP contribution in [0.3, 0.4) is 0 Å². The Kier molecular flexibility index (Phi) is 5.66. The molecule has 0 fully saturated rings. The monoisotopic (exact) mass is 397 g/mol. The number of nitrogens with zero attached hydrogens (tertiary/aromatic N) is 2. The maximum Gasteiger partial charge on any atom is 0.224 e. The van der Waals surface area contributed by atoms with E-state index in [4.69, 9.17) is 0 Å². The van der Waals surface area contributed by atoms with Crippen LogP contribution in [0.2, 0.25) is 0 Å². The van der Waals surface area contributed by atoms with E-state index in [-0.39, 0.29) is 11.9 Å². The van der Waals surface area contributed by atoms with Gasteiger partial charge in [-0.15, -0.1) is 0 Å². The fourth-order valence-corrected chi connectivity index (χ4v) is 3.00. The molecule has 2 aromatic carbocycles. The number of hydrogen-bond donors (Lipinski definition) is 1. The predicted octanol–water partition coefficient (Wildman–Crippen LogP) is 4.44. The molecule has 0 aliphatic heterocycles. The largest absolute Gasteiger partial charge is 0.349 e. The standard InChI is InChI=1S/C20H20BrN3O/c1-2-19(16-6-8-17(21)9-7-16)23-20(25)14-15-4-10-18(11-5-15)24-13-3-12-22-24/h3-13,19H,2,14H2,1H3,(H,23,25). The van der Waals surface area contributed by atoms with Crippen LogP contribution < -0.4 is 5.32 Å². The van der Waals surface area contributed by atoms with E-state index in [1.165, 1.54) is 0 Å². The van der Waals surface area contributed by atoms with E-state index in [2.05, 4.69) is 33.3 Å². The van der Waals surface area contributed by atoms with E-state index in [0.717, 1.165) is 27.7 Å². The first-order valence-corrected chi connectivity index (χ1v) is 9.09. The number of rotatable bonds is 6. The van der Waals surface area contributed by atoms with E-state index in [1.807, 2.05) is 60.8 Å². The normalized spacial score (nSPS) is 11.9. The summed E-state index contributed by atoms with van der Waals surface area (Å²) >= 11 is 3.44. The van der Waals surface area contributed by atoms with Gasteiger partial charge in [0.2, 0.25) is 5.91 Å². The van der Waals surface area contributed by atoms with Crippen LogP contribution >= 0.6 is 15.9 Å². The van der Waals surface area contributed by atoms with E-state index in [1.54, 1.807) is 10.9 Å². The lowest BCUT2D eigenvalue weighted by molar-refractivity contribution is -0.121. The molecule has 0 aliphatic carbocycles. The van der Waals surface area contributed by atoms with Crippen LogP contribution in [0.4, 0.5) is 0 Å². The zero-order valence-corrected chi connectivity index (χ0v) is 15.6. The highest BCUT2D eigenvalue weighted by molar-refractivity contribution is 9.10. The topological polar surface area (TPSA) is 46.9 Å². The van der Waals surface area contributed by atoms with Crippen molar-refractivity contribution in [1.82, 2.24) is 15.1 Å². The molecule has 1 atom stereocenters. The van der Waals surface area contributed by atoms with Gasteiger partial charge in [0.05, 0.1) is 18.2 Å². The van der Waals surface area contributed by atoms with Crippen molar-refractivity contribution in [2.75, 3.05) is 0 Å². The molecule has 3 rings (SSSR count). The molecule has 4 nitrogen and oxygen atoms in total. The van der Waals surface area contributed by atoms with Gasteiger partial charge in [-0.3, -0.25) is 4.79 Å². The highest BCUT2D eigenvalue weighted by atomic mass is 79.9. The van der Waals surface area contributed by atoms with Crippen LogP contribution in [0.5, 0.6) is 0 Å². The van der Waals surface area contributed by atoms with Crippen LogP contribution in [0.25, 0.3) is 5.69 Å². The molecular weight excluding hydrogens is 378 g/mol. The van der Waals surface area contributed by atoms with Crippen molar-refractivity contribution in [3.05, 3.63) is 82.6 Å². The molecule has 3 aromatic rings. The molecule has 0 spiro atoms. The lowest BCUT2D eigenvalue weighted by Crippen LogP contribution is -2.29. The van der Waals surface area contributed by atoms with Gasteiger partial charge in [0, 0.05) is 16.9 Å². The summed E-state index contributed by atoms with van der Waals surface area (Å²) in [4.78, 5) is 12.4.